The third kappa shape index (κ3) is 3.56. The third-order valence-corrected chi connectivity index (χ3v) is 3.31. The first-order chi connectivity index (χ1) is 6.35. The van der Waals surface area contributed by atoms with E-state index in [0.717, 1.165) is 12.8 Å². The molecule has 2 fully saturated rings. The summed E-state index contributed by atoms with van der Waals surface area (Å²) in [7, 11) is 0. The Kier molecular flexibility index (Phi) is 6.08. The summed E-state index contributed by atoms with van der Waals surface area (Å²) in [6, 6.07) is 0. The van der Waals surface area contributed by atoms with Crippen LogP contribution in [0.15, 0.2) is 0 Å². The number of carbonyl (C=O) groups is 1. The molecule has 0 amide bonds. The zero-order valence-corrected chi connectivity index (χ0v) is 12.7. The summed E-state index contributed by atoms with van der Waals surface area (Å²) in [5.41, 5.74) is 0.261. The van der Waals surface area contributed by atoms with Crippen molar-refractivity contribution < 1.29 is 43.1 Å². The maximum absolute atomic E-state index is 11.2. The molecule has 2 aliphatic carbocycles. The van der Waals surface area contributed by atoms with Gasteiger partial charge >= 0.3 is 29.6 Å². The zero-order chi connectivity index (χ0) is 10.9. The topological polar surface area (TPSA) is 54.4 Å². The molecule has 0 aromatic carbocycles. The SMILES string of the molecule is CC1(C)[C-]2CCC1CC2=O.CS(=O)O.[Na+]. The minimum Gasteiger partial charge on any atom is -0.334 e. The Hall–Kier alpha value is 0.650. The first kappa shape index (κ1) is 15.7. The van der Waals surface area contributed by atoms with Gasteiger partial charge in [0.05, 0.1) is 0 Å². The van der Waals surface area contributed by atoms with E-state index in [1.165, 1.54) is 18.6 Å². The summed E-state index contributed by atoms with van der Waals surface area (Å²) in [5.74, 6) is 2.34. The number of hydrogen-bond acceptors (Lipinski definition) is 2. The van der Waals surface area contributed by atoms with Gasteiger partial charge in [-0.25, -0.2) is 4.21 Å². The zero-order valence-electron chi connectivity index (χ0n) is 9.87. The summed E-state index contributed by atoms with van der Waals surface area (Å²) in [6.45, 7) is 4.43. The summed E-state index contributed by atoms with van der Waals surface area (Å²) in [4.78, 5) is 11.2. The van der Waals surface area contributed by atoms with Crippen LogP contribution in [0.4, 0.5) is 0 Å². The van der Waals surface area contributed by atoms with Crippen molar-refractivity contribution >= 4 is 16.9 Å². The number of rotatable bonds is 0. The largest absolute Gasteiger partial charge is 1.00 e. The Balaban J connectivity index is 0.000000346. The van der Waals surface area contributed by atoms with Crippen molar-refractivity contribution in [3.8, 4) is 0 Å². The Morgan fingerprint density at radius 1 is 1.53 bits per heavy atom. The van der Waals surface area contributed by atoms with Gasteiger partial charge in [0.15, 0.2) is 0 Å². The molecule has 5 heteroatoms. The van der Waals surface area contributed by atoms with Gasteiger partial charge in [0.1, 0.15) is 11.1 Å². The van der Waals surface area contributed by atoms with Crippen LogP contribution in [0.3, 0.4) is 0 Å². The maximum atomic E-state index is 11.2. The van der Waals surface area contributed by atoms with Gasteiger partial charge in [0.2, 0.25) is 0 Å². The van der Waals surface area contributed by atoms with Gasteiger partial charge in [0.25, 0.3) is 0 Å². The number of fused-ring (bicyclic) bond motifs is 2. The molecule has 2 atom stereocenters. The molecular weight excluding hydrogens is 223 g/mol. The molecule has 0 radical (unpaired) electrons. The fraction of sp³-hybridized carbons (Fsp3) is 0.800. The van der Waals surface area contributed by atoms with Crippen LogP contribution < -0.4 is 29.6 Å². The molecule has 0 aromatic heterocycles. The first-order valence-corrected chi connectivity index (χ1v) is 6.29. The molecule has 0 aliphatic heterocycles. The second kappa shape index (κ2) is 5.82. The average molecular weight is 240 g/mol. The van der Waals surface area contributed by atoms with E-state index in [0.29, 0.717) is 11.7 Å². The van der Waals surface area contributed by atoms with E-state index < -0.39 is 11.1 Å². The van der Waals surface area contributed by atoms with Gasteiger partial charge < -0.3 is 15.3 Å². The van der Waals surface area contributed by atoms with E-state index in [4.69, 9.17) is 8.76 Å². The van der Waals surface area contributed by atoms with Crippen molar-refractivity contribution in [3.05, 3.63) is 5.92 Å². The average Bonchev–Trinajstić information content (AvgIpc) is 2.37. The summed E-state index contributed by atoms with van der Waals surface area (Å²) in [6.07, 6.45) is 4.37. The Labute approximate surface area is 116 Å². The van der Waals surface area contributed by atoms with Crippen LogP contribution in [-0.2, 0) is 15.9 Å². The number of carbonyl (C=O) groups excluding carboxylic acids is 1. The van der Waals surface area contributed by atoms with Crippen LogP contribution in [0.2, 0.25) is 0 Å². The van der Waals surface area contributed by atoms with E-state index in [2.05, 4.69) is 13.8 Å². The van der Waals surface area contributed by atoms with Gasteiger partial charge in [-0.3, -0.25) is 0 Å². The molecule has 2 saturated carbocycles. The second-order valence-electron chi connectivity index (χ2n) is 4.49. The molecule has 1 N–H and O–H groups in total. The predicted molar refractivity (Wildman–Crippen MR) is 56.1 cm³/mol. The van der Waals surface area contributed by atoms with Crippen molar-refractivity contribution in [2.45, 2.75) is 33.1 Å². The Bertz CT molecular complexity index is 261. The third-order valence-electron chi connectivity index (χ3n) is 3.31. The van der Waals surface area contributed by atoms with Crippen LogP contribution in [0.1, 0.15) is 33.1 Å². The molecule has 3 nitrogen and oxygen atoms in total. The predicted octanol–water partition coefficient (Wildman–Crippen LogP) is -1.19. The monoisotopic (exact) mass is 240 g/mol. The minimum absolute atomic E-state index is 0. The van der Waals surface area contributed by atoms with Gasteiger partial charge in [-0.2, -0.15) is 6.42 Å². The standard InChI is InChI=1S/C9H13O.CH4O2S.Na/c1-9(2)6-3-4-7(9)8(10)5-6;1-4(2)3;/h6H,3-5H2,1-2H3;1H3,(H,2,3);/q-1;;+1. The molecule has 0 heterocycles. The van der Waals surface area contributed by atoms with Crippen LogP contribution in [0, 0.1) is 17.3 Å². The molecule has 2 unspecified atom stereocenters. The van der Waals surface area contributed by atoms with Gasteiger partial charge in [-0.15, -0.1) is 5.41 Å². The molecular formula is C10H17NaO3S. The van der Waals surface area contributed by atoms with Crippen LogP contribution in [0.25, 0.3) is 0 Å². The second-order valence-corrected chi connectivity index (χ2v) is 5.33. The van der Waals surface area contributed by atoms with Gasteiger partial charge in [-0.1, -0.05) is 26.2 Å². The van der Waals surface area contributed by atoms with E-state index in [1.807, 2.05) is 0 Å². The fourth-order valence-corrected chi connectivity index (χ4v) is 2.45. The molecule has 2 bridgehead atoms. The first-order valence-electron chi connectivity index (χ1n) is 4.77. The quantitative estimate of drug-likeness (QED) is 0.329. The summed E-state index contributed by atoms with van der Waals surface area (Å²) < 4.78 is 16.6. The van der Waals surface area contributed by atoms with Crippen molar-refractivity contribution in [2.75, 3.05) is 6.26 Å². The fourth-order valence-electron chi connectivity index (χ4n) is 2.45. The molecule has 82 valence electrons. The molecule has 0 aromatic rings. The van der Waals surface area contributed by atoms with Crippen molar-refractivity contribution in [1.82, 2.24) is 0 Å². The smallest absolute Gasteiger partial charge is 0.334 e. The summed E-state index contributed by atoms with van der Waals surface area (Å²) >= 11 is -1.61. The Morgan fingerprint density at radius 3 is 2.13 bits per heavy atom. The summed E-state index contributed by atoms with van der Waals surface area (Å²) in [5, 5.41) is 0. The van der Waals surface area contributed by atoms with Gasteiger partial charge in [-0.05, 0) is 6.42 Å². The number of Topliss-reactive ketones (excluding diaryl/α,β-unsaturated/α-hetero) is 1. The van der Waals surface area contributed by atoms with Crippen molar-refractivity contribution in [2.24, 2.45) is 11.3 Å². The van der Waals surface area contributed by atoms with Gasteiger partial charge in [0, 0.05) is 12.0 Å². The van der Waals surface area contributed by atoms with Crippen LogP contribution >= 0.6 is 0 Å². The minimum atomic E-state index is -1.61. The van der Waals surface area contributed by atoms with Crippen LogP contribution in [-0.4, -0.2) is 20.8 Å². The number of hydrogen-bond donors (Lipinski definition) is 1. The van der Waals surface area contributed by atoms with E-state index >= 15 is 0 Å². The van der Waals surface area contributed by atoms with Crippen LogP contribution in [0.5, 0.6) is 0 Å². The van der Waals surface area contributed by atoms with E-state index in [9.17, 15) is 4.79 Å². The Morgan fingerprint density at radius 2 is 2.00 bits per heavy atom. The maximum Gasteiger partial charge on any atom is 1.00 e. The normalized spacial score (nSPS) is 27.9. The van der Waals surface area contributed by atoms with Crippen molar-refractivity contribution in [3.63, 3.8) is 0 Å². The molecule has 2 aliphatic rings. The molecule has 0 spiro atoms. The van der Waals surface area contributed by atoms with E-state index in [-0.39, 0.29) is 35.0 Å². The van der Waals surface area contributed by atoms with Crippen molar-refractivity contribution in [1.29, 1.82) is 0 Å². The molecule has 2 rings (SSSR count). The molecule has 0 saturated heterocycles. The number of ketones is 1. The molecule has 15 heavy (non-hydrogen) atoms. The van der Waals surface area contributed by atoms with E-state index in [1.54, 1.807) is 0 Å².